The van der Waals surface area contributed by atoms with E-state index in [4.69, 9.17) is 15.0 Å². The Morgan fingerprint density at radius 3 is 2.65 bits per heavy atom. The van der Waals surface area contributed by atoms with Gasteiger partial charge in [-0.3, -0.25) is 0 Å². The minimum Gasteiger partial charge on any atom is -0.370 e. The van der Waals surface area contributed by atoms with Gasteiger partial charge in [-0.05, 0) is 37.5 Å². The Hall–Kier alpha value is -0.940. The maximum Gasteiger partial charge on any atom is 0.243 e. The van der Waals surface area contributed by atoms with E-state index in [-0.39, 0.29) is 11.6 Å². The molecular formula is C15H27N3O2. The van der Waals surface area contributed by atoms with E-state index in [1.165, 1.54) is 0 Å². The van der Waals surface area contributed by atoms with Gasteiger partial charge in [-0.25, -0.2) is 0 Å². The highest BCUT2D eigenvalue weighted by molar-refractivity contribution is 5.05. The number of hydrogen-bond acceptors (Lipinski definition) is 5. The first-order chi connectivity index (χ1) is 9.52. The first-order valence-corrected chi connectivity index (χ1v) is 7.67. The quantitative estimate of drug-likeness (QED) is 0.897. The summed E-state index contributed by atoms with van der Waals surface area (Å²) in [7, 11) is 1.74. The Kier molecular flexibility index (Phi) is 4.81. The van der Waals surface area contributed by atoms with Crippen LogP contribution in [0.25, 0.3) is 0 Å². The van der Waals surface area contributed by atoms with Crippen LogP contribution in [0, 0.1) is 11.8 Å². The maximum atomic E-state index is 6.16. The van der Waals surface area contributed by atoms with Crippen LogP contribution in [-0.2, 0) is 10.3 Å². The Morgan fingerprint density at radius 1 is 1.45 bits per heavy atom. The monoisotopic (exact) mass is 281 g/mol. The van der Waals surface area contributed by atoms with Gasteiger partial charge in [-0.2, -0.15) is 4.98 Å². The van der Waals surface area contributed by atoms with Crippen molar-refractivity contribution in [3.8, 4) is 0 Å². The molecule has 2 N–H and O–H groups in total. The van der Waals surface area contributed by atoms with Crippen molar-refractivity contribution in [2.24, 2.45) is 17.6 Å². The van der Waals surface area contributed by atoms with Gasteiger partial charge >= 0.3 is 0 Å². The van der Waals surface area contributed by atoms with Crippen molar-refractivity contribution >= 4 is 0 Å². The van der Waals surface area contributed by atoms with E-state index in [9.17, 15) is 0 Å². The summed E-state index contributed by atoms with van der Waals surface area (Å²) < 4.78 is 11.2. The van der Waals surface area contributed by atoms with Crippen LogP contribution in [0.15, 0.2) is 4.52 Å². The lowest BCUT2D eigenvalue weighted by atomic mass is 9.79. The molecule has 1 aliphatic carbocycles. The van der Waals surface area contributed by atoms with E-state index in [0.29, 0.717) is 17.6 Å². The Balaban J connectivity index is 2.18. The van der Waals surface area contributed by atoms with Gasteiger partial charge < -0.3 is 15.0 Å². The van der Waals surface area contributed by atoms with Gasteiger partial charge in [0, 0.05) is 7.11 Å². The second-order valence-corrected chi connectivity index (χ2v) is 6.25. The van der Waals surface area contributed by atoms with Gasteiger partial charge in [0.2, 0.25) is 11.7 Å². The van der Waals surface area contributed by atoms with E-state index in [1.807, 2.05) is 0 Å². The van der Waals surface area contributed by atoms with Crippen molar-refractivity contribution < 1.29 is 9.26 Å². The number of aromatic nitrogens is 2. The zero-order valence-corrected chi connectivity index (χ0v) is 13.1. The van der Waals surface area contributed by atoms with Gasteiger partial charge in [-0.15, -0.1) is 0 Å². The SMILES string of the molecule is CCC(C)[C@H](N)c1nc(C2(OC)CCC(C)CC2)no1. The van der Waals surface area contributed by atoms with Crippen molar-refractivity contribution in [1.82, 2.24) is 10.1 Å². The normalized spacial score (nSPS) is 30.1. The van der Waals surface area contributed by atoms with Crippen LogP contribution in [-0.4, -0.2) is 17.3 Å². The fourth-order valence-corrected chi connectivity index (χ4v) is 2.80. The third-order valence-electron chi connectivity index (χ3n) is 4.86. The first kappa shape index (κ1) is 15.4. The highest BCUT2D eigenvalue weighted by Crippen LogP contribution is 2.41. The van der Waals surface area contributed by atoms with Gasteiger partial charge in [0.1, 0.15) is 5.60 Å². The van der Waals surface area contributed by atoms with Crippen LogP contribution < -0.4 is 5.73 Å². The molecule has 0 saturated heterocycles. The zero-order valence-electron chi connectivity index (χ0n) is 13.1. The van der Waals surface area contributed by atoms with E-state index in [2.05, 4.69) is 30.9 Å². The zero-order chi connectivity index (χ0) is 14.8. The van der Waals surface area contributed by atoms with Gasteiger partial charge in [0.25, 0.3) is 0 Å². The minimum atomic E-state index is -0.385. The summed E-state index contributed by atoms with van der Waals surface area (Å²) in [6.07, 6.45) is 5.15. The molecule has 1 saturated carbocycles. The molecule has 0 spiro atoms. The van der Waals surface area contributed by atoms with Gasteiger partial charge in [0.15, 0.2) is 0 Å². The third-order valence-corrected chi connectivity index (χ3v) is 4.86. The highest BCUT2D eigenvalue weighted by atomic mass is 16.5. The lowest BCUT2D eigenvalue weighted by Gasteiger charge is -2.35. The van der Waals surface area contributed by atoms with E-state index in [1.54, 1.807) is 7.11 Å². The second kappa shape index (κ2) is 6.22. The fraction of sp³-hybridized carbons (Fsp3) is 0.867. The van der Waals surface area contributed by atoms with Crippen LogP contribution >= 0.6 is 0 Å². The third kappa shape index (κ3) is 2.88. The number of nitrogens with zero attached hydrogens (tertiary/aromatic N) is 2. The molecule has 0 aliphatic heterocycles. The lowest BCUT2D eigenvalue weighted by molar-refractivity contribution is -0.0609. The molecule has 5 heteroatoms. The van der Waals surface area contributed by atoms with Crippen LogP contribution in [0.1, 0.15) is 70.6 Å². The molecule has 1 fully saturated rings. The lowest BCUT2D eigenvalue weighted by Crippen LogP contribution is -2.34. The summed E-state index contributed by atoms with van der Waals surface area (Å²) in [5.41, 5.74) is 5.78. The van der Waals surface area contributed by atoms with Crippen LogP contribution in [0.2, 0.25) is 0 Å². The number of nitrogens with two attached hydrogens (primary N) is 1. The molecule has 2 rings (SSSR count). The van der Waals surface area contributed by atoms with Gasteiger partial charge in [-0.1, -0.05) is 32.3 Å². The molecule has 0 amide bonds. The second-order valence-electron chi connectivity index (χ2n) is 6.25. The Labute approximate surface area is 121 Å². The number of ether oxygens (including phenoxy) is 1. The van der Waals surface area contributed by atoms with E-state index in [0.717, 1.165) is 38.0 Å². The molecule has 0 bridgehead atoms. The van der Waals surface area contributed by atoms with Crippen LogP contribution in [0.3, 0.4) is 0 Å². The Bertz CT molecular complexity index is 425. The molecular weight excluding hydrogens is 254 g/mol. The molecule has 1 unspecified atom stereocenters. The highest BCUT2D eigenvalue weighted by Gasteiger charge is 2.40. The van der Waals surface area contributed by atoms with Crippen molar-refractivity contribution in [2.75, 3.05) is 7.11 Å². The van der Waals surface area contributed by atoms with E-state index >= 15 is 0 Å². The molecule has 1 aromatic rings. The predicted octanol–water partition coefficient (Wildman–Crippen LogP) is 3.17. The summed E-state index contributed by atoms with van der Waals surface area (Å²) in [5.74, 6) is 2.27. The Morgan fingerprint density at radius 2 is 2.10 bits per heavy atom. The van der Waals surface area contributed by atoms with E-state index < -0.39 is 0 Å². The largest absolute Gasteiger partial charge is 0.370 e. The molecule has 114 valence electrons. The molecule has 0 radical (unpaired) electrons. The summed E-state index contributed by atoms with van der Waals surface area (Å²) in [6, 6.07) is -0.197. The number of methoxy groups -OCH3 is 1. The van der Waals surface area contributed by atoms with Crippen LogP contribution in [0.4, 0.5) is 0 Å². The molecule has 2 atom stereocenters. The average molecular weight is 281 g/mol. The molecule has 20 heavy (non-hydrogen) atoms. The molecule has 1 aliphatic rings. The summed E-state index contributed by atoms with van der Waals surface area (Å²) >= 11 is 0. The fourth-order valence-electron chi connectivity index (χ4n) is 2.80. The molecule has 1 aromatic heterocycles. The average Bonchev–Trinajstić information content (AvgIpc) is 2.97. The first-order valence-electron chi connectivity index (χ1n) is 7.67. The maximum absolute atomic E-state index is 6.16. The topological polar surface area (TPSA) is 74.2 Å². The molecule has 1 heterocycles. The van der Waals surface area contributed by atoms with Crippen molar-refractivity contribution in [3.63, 3.8) is 0 Å². The molecule has 0 aromatic carbocycles. The molecule has 5 nitrogen and oxygen atoms in total. The number of hydrogen-bond donors (Lipinski definition) is 1. The standard InChI is InChI=1S/C15H27N3O2/c1-5-11(3)12(16)13-17-14(18-20-13)15(19-4)8-6-10(2)7-9-15/h10-12H,5-9,16H2,1-4H3/t10?,11?,12-,15?/m0/s1. The number of rotatable bonds is 5. The van der Waals surface area contributed by atoms with Crippen molar-refractivity contribution in [3.05, 3.63) is 11.7 Å². The summed E-state index contributed by atoms with van der Waals surface area (Å²) in [5, 5.41) is 4.15. The smallest absolute Gasteiger partial charge is 0.243 e. The van der Waals surface area contributed by atoms with Crippen molar-refractivity contribution in [1.29, 1.82) is 0 Å². The van der Waals surface area contributed by atoms with Gasteiger partial charge in [0.05, 0.1) is 6.04 Å². The summed E-state index contributed by atoms with van der Waals surface area (Å²) in [6.45, 7) is 6.49. The van der Waals surface area contributed by atoms with Crippen molar-refractivity contribution in [2.45, 2.75) is 64.5 Å². The summed E-state index contributed by atoms with van der Waals surface area (Å²) in [4.78, 5) is 4.54. The predicted molar refractivity (Wildman–Crippen MR) is 77.0 cm³/mol. The minimum absolute atomic E-state index is 0.197. The van der Waals surface area contributed by atoms with Crippen LogP contribution in [0.5, 0.6) is 0 Å².